The number of nitrogens with one attached hydrogen (secondary N) is 1. The molecule has 0 unspecified atom stereocenters. The van der Waals surface area contributed by atoms with Crippen LogP contribution < -0.4 is 10.2 Å². The predicted octanol–water partition coefficient (Wildman–Crippen LogP) is 5.19. The lowest BCUT2D eigenvalue weighted by Crippen LogP contribution is -2.28. The molecule has 1 atom stereocenters. The Hall–Kier alpha value is -3.60. The number of nitrogens with zero attached hydrogens (tertiary/aromatic N) is 1. The maximum absolute atomic E-state index is 12.9. The molecule has 1 aromatic heterocycles. The number of carbonyl (C=O) groups is 2. The molecular formula is C25H22N2O3. The smallest absolute Gasteiger partial charge is 0.229 e. The molecule has 5 nitrogen and oxygen atoms in total. The molecule has 0 aliphatic carbocycles. The highest BCUT2D eigenvalue weighted by Gasteiger charge is 2.35. The van der Waals surface area contributed by atoms with Crippen molar-refractivity contribution < 1.29 is 14.0 Å². The number of rotatable bonds is 3. The molecule has 3 aromatic carbocycles. The number of hydrogen-bond donors (Lipinski definition) is 1. The number of para-hydroxylation sites is 1. The van der Waals surface area contributed by atoms with Crippen LogP contribution in [0.1, 0.15) is 17.5 Å². The van der Waals surface area contributed by atoms with Crippen LogP contribution in [0.15, 0.2) is 65.1 Å². The zero-order valence-corrected chi connectivity index (χ0v) is 16.9. The molecule has 0 bridgehead atoms. The van der Waals surface area contributed by atoms with Gasteiger partial charge < -0.3 is 14.6 Å². The average molecular weight is 398 g/mol. The Morgan fingerprint density at radius 3 is 2.67 bits per heavy atom. The van der Waals surface area contributed by atoms with Crippen molar-refractivity contribution >= 4 is 45.1 Å². The first kappa shape index (κ1) is 18.4. The fourth-order valence-corrected chi connectivity index (χ4v) is 4.17. The number of carbonyl (C=O) groups excluding carboxylic acids is 2. The molecule has 1 fully saturated rings. The van der Waals surface area contributed by atoms with Gasteiger partial charge in [-0.25, -0.2) is 0 Å². The van der Waals surface area contributed by atoms with Crippen LogP contribution in [0.5, 0.6) is 0 Å². The third-order valence-corrected chi connectivity index (χ3v) is 5.80. The van der Waals surface area contributed by atoms with Gasteiger partial charge in [0.2, 0.25) is 11.8 Å². The molecule has 0 radical (unpaired) electrons. The Kier molecular flexibility index (Phi) is 4.31. The van der Waals surface area contributed by atoms with Gasteiger partial charge in [0.05, 0.1) is 5.92 Å². The van der Waals surface area contributed by atoms with Gasteiger partial charge in [0.1, 0.15) is 11.2 Å². The van der Waals surface area contributed by atoms with E-state index in [0.29, 0.717) is 12.2 Å². The van der Waals surface area contributed by atoms with E-state index in [1.165, 1.54) is 0 Å². The van der Waals surface area contributed by atoms with Gasteiger partial charge in [0.15, 0.2) is 0 Å². The summed E-state index contributed by atoms with van der Waals surface area (Å²) in [6, 6.07) is 19.6. The Labute approximate surface area is 174 Å². The highest BCUT2D eigenvalue weighted by molar-refractivity contribution is 6.07. The van der Waals surface area contributed by atoms with Crippen LogP contribution in [0, 0.1) is 19.8 Å². The zero-order valence-electron chi connectivity index (χ0n) is 16.9. The minimum absolute atomic E-state index is 0.0170. The van der Waals surface area contributed by atoms with Crippen molar-refractivity contribution in [2.75, 3.05) is 16.8 Å². The van der Waals surface area contributed by atoms with Crippen molar-refractivity contribution in [1.29, 1.82) is 0 Å². The summed E-state index contributed by atoms with van der Waals surface area (Å²) >= 11 is 0. The van der Waals surface area contributed by atoms with Crippen LogP contribution >= 0.6 is 0 Å². The van der Waals surface area contributed by atoms with E-state index in [0.717, 1.165) is 38.8 Å². The maximum Gasteiger partial charge on any atom is 0.229 e. The summed E-state index contributed by atoms with van der Waals surface area (Å²) in [6.45, 7) is 4.38. The van der Waals surface area contributed by atoms with E-state index in [-0.39, 0.29) is 24.2 Å². The first-order valence-corrected chi connectivity index (χ1v) is 10.1. The van der Waals surface area contributed by atoms with E-state index < -0.39 is 0 Å². The van der Waals surface area contributed by atoms with Gasteiger partial charge in [-0.3, -0.25) is 9.59 Å². The summed E-state index contributed by atoms with van der Waals surface area (Å²) in [5.74, 6) is -0.549. The summed E-state index contributed by atoms with van der Waals surface area (Å²) in [5, 5.41) is 5.03. The largest absolute Gasteiger partial charge is 0.456 e. The molecule has 1 aliphatic heterocycles. The molecule has 5 rings (SSSR count). The highest BCUT2D eigenvalue weighted by Crippen LogP contribution is 2.32. The van der Waals surface area contributed by atoms with E-state index in [9.17, 15) is 9.59 Å². The van der Waals surface area contributed by atoms with Gasteiger partial charge >= 0.3 is 0 Å². The minimum atomic E-state index is -0.385. The summed E-state index contributed by atoms with van der Waals surface area (Å²) in [7, 11) is 0. The Morgan fingerprint density at radius 2 is 1.80 bits per heavy atom. The van der Waals surface area contributed by atoms with Crippen molar-refractivity contribution in [3.8, 4) is 0 Å². The van der Waals surface area contributed by atoms with Gasteiger partial charge in [-0.1, -0.05) is 30.3 Å². The summed E-state index contributed by atoms with van der Waals surface area (Å²) in [6.07, 6.45) is 0.214. The van der Waals surface area contributed by atoms with Crippen LogP contribution in [-0.4, -0.2) is 18.4 Å². The molecule has 150 valence electrons. The lowest BCUT2D eigenvalue weighted by Gasteiger charge is -2.19. The van der Waals surface area contributed by atoms with Crippen LogP contribution in [0.2, 0.25) is 0 Å². The number of fused-ring (bicyclic) bond motifs is 3. The molecule has 1 saturated heterocycles. The summed E-state index contributed by atoms with van der Waals surface area (Å²) in [4.78, 5) is 27.2. The first-order chi connectivity index (χ1) is 14.5. The van der Waals surface area contributed by atoms with Gasteiger partial charge in [-0.15, -0.1) is 0 Å². The van der Waals surface area contributed by atoms with Gasteiger partial charge in [0, 0.05) is 41.2 Å². The van der Waals surface area contributed by atoms with Gasteiger partial charge in [-0.2, -0.15) is 0 Å². The maximum atomic E-state index is 12.9. The van der Waals surface area contributed by atoms with Crippen LogP contribution in [0.4, 0.5) is 11.4 Å². The molecule has 0 saturated carbocycles. The monoisotopic (exact) mass is 398 g/mol. The van der Waals surface area contributed by atoms with Crippen molar-refractivity contribution in [3.05, 3.63) is 71.8 Å². The summed E-state index contributed by atoms with van der Waals surface area (Å²) in [5.41, 5.74) is 5.24. The Bertz CT molecular complexity index is 1300. The second kappa shape index (κ2) is 7.02. The fraction of sp³-hybridized carbons (Fsp3) is 0.200. The normalized spacial score (nSPS) is 16.5. The topological polar surface area (TPSA) is 62.6 Å². The Balaban J connectivity index is 1.36. The second-order valence-electron chi connectivity index (χ2n) is 7.99. The minimum Gasteiger partial charge on any atom is -0.456 e. The van der Waals surface area contributed by atoms with Crippen molar-refractivity contribution in [2.45, 2.75) is 20.3 Å². The quantitative estimate of drug-likeness (QED) is 0.516. The molecule has 5 heteroatoms. The molecule has 2 amide bonds. The van der Waals surface area contributed by atoms with Crippen molar-refractivity contribution in [3.63, 3.8) is 0 Å². The SMILES string of the molecule is Cc1ccc(C)c(N2C[C@H](C(=O)Nc3ccc4c(c3)oc3ccccc34)CC2=O)c1. The van der Waals surface area contributed by atoms with Gasteiger partial charge in [-0.05, 0) is 49.2 Å². The third kappa shape index (κ3) is 3.12. The molecule has 0 spiro atoms. The van der Waals surface area contributed by atoms with Crippen molar-refractivity contribution in [1.82, 2.24) is 0 Å². The van der Waals surface area contributed by atoms with Crippen LogP contribution in [-0.2, 0) is 9.59 Å². The summed E-state index contributed by atoms with van der Waals surface area (Å²) < 4.78 is 5.90. The molecule has 2 heterocycles. The average Bonchev–Trinajstić information content (AvgIpc) is 3.30. The number of amides is 2. The lowest BCUT2D eigenvalue weighted by molar-refractivity contribution is -0.122. The number of anilines is 2. The van der Waals surface area contributed by atoms with E-state index in [4.69, 9.17) is 4.42 Å². The number of furan rings is 1. The predicted molar refractivity (Wildman–Crippen MR) is 119 cm³/mol. The highest BCUT2D eigenvalue weighted by atomic mass is 16.3. The molecular weight excluding hydrogens is 376 g/mol. The van der Waals surface area contributed by atoms with Gasteiger partial charge in [0.25, 0.3) is 0 Å². The van der Waals surface area contributed by atoms with E-state index in [2.05, 4.69) is 5.32 Å². The lowest BCUT2D eigenvalue weighted by atomic mass is 10.1. The van der Waals surface area contributed by atoms with E-state index in [1.54, 1.807) is 4.90 Å². The fourth-order valence-electron chi connectivity index (χ4n) is 4.17. The second-order valence-corrected chi connectivity index (χ2v) is 7.99. The standard InChI is InChI=1S/C25H22N2O3/c1-15-7-8-16(2)21(11-15)27-14-17(12-24(27)28)25(29)26-18-9-10-20-19-5-3-4-6-22(19)30-23(20)13-18/h3-11,13,17H,12,14H2,1-2H3,(H,26,29)/t17-/m1/s1. The number of benzene rings is 3. The number of hydrogen-bond acceptors (Lipinski definition) is 3. The molecule has 1 N–H and O–H groups in total. The van der Waals surface area contributed by atoms with E-state index in [1.807, 2.05) is 74.5 Å². The third-order valence-electron chi connectivity index (χ3n) is 5.80. The zero-order chi connectivity index (χ0) is 20.8. The molecule has 1 aliphatic rings. The van der Waals surface area contributed by atoms with Crippen molar-refractivity contribution in [2.24, 2.45) is 5.92 Å². The molecule has 4 aromatic rings. The van der Waals surface area contributed by atoms with Crippen LogP contribution in [0.25, 0.3) is 21.9 Å². The molecule has 30 heavy (non-hydrogen) atoms. The Morgan fingerprint density at radius 1 is 1.00 bits per heavy atom. The number of aryl methyl sites for hydroxylation is 2. The van der Waals surface area contributed by atoms with Crippen LogP contribution in [0.3, 0.4) is 0 Å². The van der Waals surface area contributed by atoms with E-state index >= 15 is 0 Å². The first-order valence-electron chi connectivity index (χ1n) is 10.1.